The summed E-state index contributed by atoms with van der Waals surface area (Å²) in [7, 11) is 0. The van der Waals surface area contributed by atoms with E-state index in [1.165, 1.54) is 0 Å². The number of esters is 1. The van der Waals surface area contributed by atoms with Crippen molar-refractivity contribution >= 4 is 28.7 Å². The number of likely N-dealkylation sites (tertiary alicyclic amines) is 2. The molecule has 0 aromatic heterocycles. The summed E-state index contributed by atoms with van der Waals surface area (Å²) in [6, 6.07) is 24.2. The highest BCUT2D eigenvalue weighted by atomic mass is 16.6. The number of carboxylic acid groups (broad SMARTS) is 1. The van der Waals surface area contributed by atoms with Crippen molar-refractivity contribution in [2.24, 2.45) is 11.8 Å². The van der Waals surface area contributed by atoms with Gasteiger partial charge in [-0.05, 0) is 68.4 Å². The molecule has 228 valence electrons. The fourth-order valence-corrected chi connectivity index (χ4v) is 6.48. The molecule has 8 heteroatoms. The standard InChI is InChI=1S/C35H43N3O5/c1-34(2,3)43-32(41)35(4,30-16-10-14-24-13-8-9-15-28(24)30)36-21-27-22-38(23-29(27)25-11-6-5-7-12-25)33(42)37-19-17-26(18-20-37)31(39)40/h5-16,26-27,29,36H,17-23H2,1-4H3,(H,39,40)/t27-,29-,35-/m1/s1. The van der Waals surface area contributed by atoms with Gasteiger partial charge in [-0.3, -0.25) is 10.1 Å². The van der Waals surface area contributed by atoms with Gasteiger partial charge in [0.25, 0.3) is 0 Å². The Morgan fingerprint density at radius 2 is 1.51 bits per heavy atom. The Hall–Kier alpha value is -3.91. The van der Waals surface area contributed by atoms with E-state index in [4.69, 9.17) is 4.74 Å². The number of aliphatic carboxylic acids is 1. The number of carbonyl (C=O) groups is 3. The van der Waals surface area contributed by atoms with Crippen molar-refractivity contribution in [1.82, 2.24) is 15.1 Å². The quantitative estimate of drug-likeness (QED) is 0.350. The van der Waals surface area contributed by atoms with Crippen LogP contribution < -0.4 is 5.32 Å². The first-order valence-electron chi connectivity index (χ1n) is 15.2. The summed E-state index contributed by atoms with van der Waals surface area (Å²) in [5, 5.41) is 15.0. The fraction of sp³-hybridized carbons (Fsp3) is 0.457. The minimum Gasteiger partial charge on any atom is -0.481 e. The number of carboxylic acids is 1. The molecular formula is C35H43N3O5. The maximum absolute atomic E-state index is 13.9. The summed E-state index contributed by atoms with van der Waals surface area (Å²) >= 11 is 0. The summed E-state index contributed by atoms with van der Waals surface area (Å²) in [5.41, 5.74) is 0.203. The van der Waals surface area contributed by atoms with Crippen molar-refractivity contribution in [3.8, 4) is 0 Å². The average Bonchev–Trinajstić information content (AvgIpc) is 3.43. The zero-order valence-electron chi connectivity index (χ0n) is 25.6. The Bertz CT molecular complexity index is 1460. The summed E-state index contributed by atoms with van der Waals surface area (Å²) in [6.45, 7) is 9.99. The van der Waals surface area contributed by atoms with E-state index in [0.717, 1.165) is 21.9 Å². The number of amides is 2. The van der Waals surface area contributed by atoms with Gasteiger partial charge in [0.15, 0.2) is 0 Å². The molecule has 2 fully saturated rings. The Morgan fingerprint density at radius 3 is 2.19 bits per heavy atom. The topological polar surface area (TPSA) is 99.2 Å². The zero-order valence-corrected chi connectivity index (χ0v) is 25.6. The van der Waals surface area contributed by atoms with Crippen molar-refractivity contribution in [3.63, 3.8) is 0 Å². The van der Waals surface area contributed by atoms with Gasteiger partial charge in [0.05, 0.1) is 5.92 Å². The molecule has 0 spiro atoms. The summed E-state index contributed by atoms with van der Waals surface area (Å²) in [4.78, 5) is 42.7. The lowest BCUT2D eigenvalue weighted by atomic mass is 9.85. The lowest BCUT2D eigenvalue weighted by molar-refractivity contribution is -0.163. The molecule has 2 heterocycles. The second kappa shape index (κ2) is 12.4. The third-order valence-electron chi connectivity index (χ3n) is 8.91. The molecule has 5 rings (SSSR count). The smallest absolute Gasteiger partial charge is 0.331 e. The maximum atomic E-state index is 13.9. The number of hydrogen-bond donors (Lipinski definition) is 2. The molecule has 8 nitrogen and oxygen atoms in total. The first-order valence-corrected chi connectivity index (χ1v) is 15.2. The number of benzene rings is 3. The molecule has 0 unspecified atom stereocenters. The predicted molar refractivity (Wildman–Crippen MR) is 167 cm³/mol. The summed E-state index contributed by atoms with van der Waals surface area (Å²) in [6.07, 6.45) is 0.947. The largest absolute Gasteiger partial charge is 0.481 e. The van der Waals surface area contributed by atoms with Crippen LogP contribution in [0.3, 0.4) is 0 Å². The normalized spacial score (nSPS) is 21.0. The van der Waals surface area contributed by atoms with Gasteiger partial charge in [-0.25, -0.2) is 9.59 Å². The third kappa shape index (κ3) is 6.69. The van der Waals surface area contributed by atoms with Crippen LogP contribution in [0.4, 0.5) is 4.79 Å². The first kappa shape index (κ1) is 30.5. The van der Waals surface area contributed by atoms with E-state index in [9.17, 15) is 19.5 Å². The molecular weight excluding hydrogens is 542 g/mol. The molecule has 2 aliphatic heterocycles. The van der Waals surface area contributed by atoms with Crippen molar-refractivity contribution in [3.05, 3.63) is 83.9 Å². The molecule has 0 bridgehead atoms. The Kier molecular flexibility index (Phi) is 8.79. The van der Waals surface area contributed by atoms with Crippen LogP contribution in [0.2, 0.25) is 0 Å². The highest BCUT2D eigenvalue weighted by Gasteiger charge is 2.43. The van der Waals surface area contributed by atoms with Gasteiger partial charge in [0, 0.05) is 38.6 Å². The van der Waals surface area contributed by atoms with E-state index < -0.39 is 23.0 Å². The summed E-state index contributed by atoms with van der Waals surface area (Å²) < 4.78 is 5.98. The van der Waals surface area contributed by atoms with Gasteiger partial charge in [-0.15, -0.1) is 0 Å². The Morgan fingerprint density at radius 1 is 0.860 bits per heavy atom. The number of urea groups is 1. The number of hydrogen-bond acceptors (Lipinski definition) is 5. The van der Waals surface area contributed by atoms with Gasteiger partial charge in [-0.2, -0.15) is 0 Å². The molecule has 2 amide bonds. The molecule has 3 aromatic carbocycles. The number of rotatable bonds is 7. The van der Waals surface area contributed by atoms with Crippen LogP contribution in [0.15, 0.2) is 72.8 Å². The molecule has 43 heavy (non-hydrogen) atoms. The van der Waals surface area contributed by atoms with Crippen molar-refractivity contribution < 1.29 is 24.2 Å². The lowest BCUT2D eigenvalue weighted by Gasteiger charge is -2.35. The maximum Gasteiger partial charge on any atom is 0.331 e. The number of ether oxygens (including phenoxy) is 1. The predicted octanol–water partition coefficient (Wildman–Crippen LogP) is 5.62. The SMILES string of the molecule is CC(C)(C)OC(=O)[C@](C)(NC[C@@H]1CN(C(=O)N2CCC(C(=O)O)CC2)C[C@@H]1c1ccccc1)c1cccc2ccccc12. The average molecular weight is 586 g/mol. The number of piperidine rings is 1. The van der Waals surface area contributed by atoms with E-state index in [2.05, 4.69) is 17.4 Å². The van der Waals surface area contributed by atoms with E-state index in [-0.39, 0.29) is 23.8 Å². The Labute approximate surface area is 254 Å². The third-order valence-corrected chi connectivity index (χ3v) is 8.91. The van der Waals surface area contributed by atoms with Gasteiger partial charge >= 0.3 is 18.0 Å². The molecule has 0 saturated carbocycles. The van der Waals surface area contributed by atoms with E-state index >= 15 is 0 Å². The van der Waals surface area contributed by atoms with Gasteiger partial charge in [-0.1, -0.05) is 72.8 Å². The van der Waals surface area contributed by atoms with E-state index in [0.29, 0.717) is 45.6 Å². The van der Waals surface area contributed by atoms with E-state index in [1.54, 1.807) is 4.90 Å². The van der Waals surface area contributed by atoms with Crippen LogP contribution in [-0.2, 0) is 19.9 Å². The molecule has 0 aliphatic carbocycles. The minimum atomic E-state index is -1.13. The second-order valence-electron chi connectivity index (χ2n) is 13.1. The van der Waals surface area contributed by atoms with Crippen molar-refractivity contribution in [2.75, 3.05) is 32.7 Å². The molecule has 0 radical (unpaired) electrons. The fourth-order valence-electron chi connectivity index (χ4n) is 6.48. The van der Waals surface area contributed by atoms with Crippen LogP contribution in [-0.4, -0.2) is 71.2 Å². The molecule has 2 aliphatic rings. The zero-order chi connectivity index (χ0) is 30.8. The highest BCUT2D eigenvalue weighted by Crippen LogP contribution is 2.36. The number of fused-ring (bicyclic) bond motifs is 1. The van der Waals surface area contributed by atoms with Crippen LogP contribution in [0, 0.1) is 11.8 Å². The first-order chi connectivity index (χ1) is 20.5. The van der Waals surface area contributed by atoms with Gasteiger partial charge < -0.3 is 19.6 Å². The highest BCUT2D eigenvalue weighted by molar-refractivity contribution is 5.93. The monoisotopic (exact) mass is 585 g/mol. The molecule has 3 aromatic rings. The number of carbonyl (C=O) groups excluding carboxylic acids is 2. The molecule has 2 N–H and O–H groups in total. The molecule has 2 saturated heterocycles. The number of nitrogens with one attached hydrogen (secondary N) is 1. The second-order valence-corrected chi connectivity index (χ2v) is 13.1. The summed E-state index contributed by atoms with van der Waals surface area (Å²) in [5.74, 6) is -1.41. The van der Waals surface area contributed by atoms with Crippen molar-refractivity contribution in [1.29, 1.82) is 0 Å². The molecule has 3 atom stereocenters. The van der Waals surface area contributed by atoms with Gasteiger partial charge in [0.2, 0.25) is 0 Å². The van der Waals surface area contributed by atoms with Crippen LogP contribution in [0.25, 0.3) is 10.8 Å². The van der Waals surface area contributed by atoms with E-state index in [1.807, 2.05) is 93.3 Å². The lowest BCUT2D eigenvalue weighted by Crippen LogP contribution is -2.52. The minimum absolute atomic E-state index is 0.0413. The van der Waals surface area contributed by atoms with Crippen molar-refractivity contribution in [2.45, 2.75) is 57.6 Å². The number of nitrogens with zero attached hydrogens (tertiary/aromatic N) is 2. The van der Waals surface area contributed by atoms with Crippen LogP contribution in [0.5, 0.6) is 0 Å². The Balaban J connectivity index is 1.41. The van der Waals surface area contributed by atoms with Gasteiger partial charge in [0.1, 0.15) is 11.1 Å². The van der Waals surface area contributed by atoms with Crippen LogP contribution >= 0.6 is 0 Å². The van der Waals surface area contributed by atoms with Crippen LogP contribution in [0.1, 0.15) is 57.6 Å².